The van der Waals surface area contributed by atoms with E-state index in [9.17, 15) is 14.5 Å². The summed E-state index contributed by atoms with van der Waals surface area (Å²) in [5, 5.41) is 13.9. The van der Waals surface area contributed by atoms with Crippen molar-refractivity contribution in [2.24, 2.45) is 0 Å². The molecule has 0 aromatic heterocycles. The Hall–Kier alpha value is -1.66. The summed E-state index contributed by atoms with van der Waals surface area (Å²) >= 11 is 8.71. The van der Waals surface area contributed by atoms with Crippen LogP contribution in [0.3, 0.4) is 0 Å². The molecule has 0 saturated carbocycles. The predicted molar refractivity (Wildman–Crippen MR) is 79.5 cm³/mol. The first-order valence-electron chi connectivity index (χ1n) is 5.59. The number of halogens is 3. The van der Waals surface area contributed by atoms with Gasteiger partial charge in [-0.1, -0.05) is 17.7 Å². The van der Waals surface area contributed by atoms with Crippen molar-refractivity contribution in [3.8, 4) is 0 Å². The van der Waals surface area contributed by atoms with Crippen LogP contribution in [-0.4, -0.2) is 4.92 Å². The topological polar surface area (TPSA) is 55.2 Å². The Morgan fingerprint density at radius 2 is 2.05 bits per heavy atom. The van der Waals surface area contributed by atoms with Gasteiger partial charge in [0.05, 0.1) is 14.4 Å². The molecular formula is C13H9BrClFN2O2. The summed E-state index contributed by atoms with van der Waals surface area (Å²) < 4.78 is 13.7. The third-order valence-electron chi connectivity index (χ3n) is 2.62. The molecule has 0 saturated heterocycles. The van der Waals surface area contributed by atoms with Crippen LogP contribution >= 0.6 is 27.5 Å². The number of benzene rings is 2. The fraction of sp³-hybridized carbons (Fsp3) is 0.0769. The van der Waals surface area contributed by atoms with Crippen LogP contribution < -0.4 is 5.32 Å². The molecule has 0 unspecified atom stereocenters. The Balaban J connectivity index is 2.12. The fourth-order valence-electron chi connectivity index (χ4n) is 1.62. The molecule has 0 aliphatic rings. The minimum Gasteiger partial charge on any atom is -0.381 e. The first-order valence-corrected chi connectivity index (χ1v) is 6.76. The molecule has 2 aromatic carbocycles. The van der Waals surface area contributed by atoms with E-state index in [0.717, 1.165) is 5.56 Å². The largest absolute Gasteiger partial charge is 0.381 e. The van der Waals surface area contributed by atoms with Crippen LogP contribution in [0.1, 0.15) is 5.56 Å². The zero-order valence-corrected chi connectivity index (χ0v) is 12.4. The van der Waals surface area contributed by atoms with Gasteiger partial charge in [0.2, 0.25) is 0 Å². The molecule has 0 spiro atoms. The molecule has 7 heteroatoms. The molecule has 2 aromatic rings. The highest BCUT2D eigenvalue weighted by molar-refractivity contribution is 9.10. The van der Waals surface area contributed by atoms with Crippen molar-refractivity contribution >= 4 is 38.9 Å². The normalized spacial score (nSPS) is 10.3. The molecule has 0 amide bonds. The molecule has 0 aliphatic heterocycles. The van der Waals surface area contributed by atoms with Crippen molar-refractivity contribution in [3.63, 3.8) is 0 Å². The second kappa shape index (κ2) is 6.19. The summed E-state index contributed by atoms with van der Waals surface area (Å²) in [4.78, 5) is 10.4. The molecule has 20 heavy (non-hydrogen) atoms. The van der Waals surface area contributed by atoms with Crippen molar-refractivity contribution < 1.29 is 9.31 Å². The Morgan fingerprint density at radius 1 is 1.30 bits per heavy atom. The number of hydrogen-bond acceptors (Lipinski definition) is 3. The fourth-order valence-corrected chi connectivity index (χ4v) is 2.13. The van der Waals surface area contributed by atoms with Gasteiger partial charge in [0.15, 0.2) is 0 Å². The van der Waals surface area contributed by atoms with Gasteiger partial charge in [-0.25, -0.2) is 4.39 Å². The highest BCUT2D eigenvalue weighted by Crippen LogP contribution is 2.26. The van der Waals surface area contributed by atoms with Crippen molar-refractivity contribution in [1.82, 2.24) is 0 Å². The zero-order valence-electron chi connectivity index (χ0n) is 10.1. The SMILES string of the molecule is O=[N+]([O-])c1cc(CNc2ccc(Cl)c(F)c2)ccc1Br. The van der Waals surface area contributed by atoms with Crippen LogP contribution in [-0.2, 0) is 6.54 Å². The lowest BCUT2D eigenvalue weighted by Gasteiger charge is -2.07. The number of nitro groups is 1. The number of nitrogens with zero attached hydrogens (tertiary/aromatic N) is 1. The summed E-state index contributed by atoms with van der Waals surface area (Å²) in [7, 11) is 0. The van der Waals surface area contributed by atoms with Gasteiger partial charge in [0.1, 0.15) is 5.82 Å². The van der Waals surface area contributed by atoms with Gasteiger partial charge in [-0.05, 0) is 45.8 Å². The van der Waals surface area contributed by atoms with Gasteiger partial charge in [-0.15, -0.1) is 0 Å². The Morgan fingerprint density at radius 3 is 2.70 bits per heavy atom. The van der Waals surface area contributed by atoms with E-state index < -0.39 is 10.7 Å². The number of anilines is 1. The second-order valence-electron chi connectivity index (χ2n) is 4.03. The Kier molecular flexibility index (Phi) is 4.57. The van der Waals surface area contributed by atoms with E-state index in [0.29, 0.717) is 16.7 Å². The molecule has 2 rings (SSSR count). The summed E-state index contributed by atoms with van der Waals surface area (Å²) in [5.74, 6) is -0.515. The average molecular weight is 360 g/mol. The van der Waals surface area contributed by atoms with Crippen molar-refractivity contribution in [2.45, 2.75) is 6.54 Å². The third kappa shape index (κ3) is 3.46. The van der Waals surface area contributed by atoms with Crippen molar-refractivity contribution in [3.05, 3.63) is 67.4 Å². The maximum atomic E-state index is 13.3. The van der Waals surface area contributed by atoms with Crippen LogP contribution in [0, 0.1) is 15.9 Å². The van der Waals surface area contributed by atoms with Gasteiger partial charge >= 0.3 is 0 Å². The highest BCUT2D eigenvalue weighted by atomic mass is 79.9. The molecule has 4 nitrogen and oxygen atoms in total. The lowest BCUT2D eigenvalue weighted by Crippen LogP contribution is -2.01. The number of nitrogens with one attached hydrogen (secondary N) is 1. The second-order valence-corrected chi connectivity index (χ2v) is 5.29. The molecule has 0 radical (unpaired) electrons. The smallest absolute Gasteiger partial charge is 0.283 e. The quantitative estimate of drug-likeness (QED) is 0.632. The minimum absolute atomic E-state index is 0.00779. The molecule has 0 fully saturated rings. The Labute approximate surface area is 127 Å². The lowest BCUT2D eigenvalue weighted by atomic mass is 10.2. The van der Waals surface area contributed by atoms with Gasteiger partial charge < -0.3 is 5.32 Å². The molecule has 0 heterocycles. The maximum absolute atomic E-state index is 13.3. The number of hydrogen-bond donors (Lipinski definition) is 1. The van der Waals surface area contributed by atoms with Crippen LogP contribution in [0.5, 0.6) is 0 Å². The van der Waals surface area contributed by atoms with E-state index >= 15 is 0 Å². The summed E-state index contributed by atoms with van der Waals surface area (Å²) in [6, 6.07) is 9.18. The number of nitro benzene ring substituents is 1. The van der Waals surface area contributed by atoms with Gasteiger partial charge in [0.25, 0.3) is 5.69 Å². The maximum Gasteiger partial charge on any atom is 0.283 e. The monoisotopic (exact) mass is 358 g/mol. The third-order valence-corrected chi connectivity index (χ3v) is 3.60. The molecule has 0 bridgehead atoms. The van der Waals surface area contributed by atoms with E-state index in [4.69, 9.17) is 11.6 Å². The van der Waals surface area contributed by atoms with Crippen molar-refractivity contribution in [2.75, 3.05) is 5.32 Å². The molecule has 1 N–H and O–H groups in total. The van der Waals surface area contributed by atoms with Gasteiger partial charge in [0, 0.05) is 18.3 Å². The zero-order chi connectivity index (χ0) is 14.7. The molecule has 0 atom stereocenters. The van der Waals surface area contributed by atoms with Crippen LogP contribution in [0.25, 0.3) is 0 Å². The minimum atomic E-state index is -0.515. The molecule has 0 aliphatic carbocycles. The average Bonchev–Trinajstić information content (AvgIpc) is 2.41. The lowest BCUT2D eigenvalue weighted by molar-refractivity contribution is -0.385. The van der Waals surface area contributed by atoms with Crippen molar-refractivity contribution in [1.29, 1.82) is 0 Å². The number of rotatable bonds is 4. The van der Waals surface area contributed by atoms with Gasteiger partial charge in [-0.2, -0.15) is 0 Å². The van der Waals surface area contributed by atoms with E-state index in [1.807, 2.05) is 0 Å². The summed E-state index contributed by atoms with van der Waals surface area (Å²) in [5.41, 5.74) is 1.26. The predicted octanol–water partition coefficient (Wildman–Crippen LogP) is 4.76. The molecule has 104 valence electrons. The van der Waals surface area contributed by atoms with Crippen LogP contribution in [0.15, 0.2) is 40.9 Å². The van der Waals surface area contributed by atoms with E-state index in [2.05, 4.69) is 21.2 Å². The first-order chi connectivity index (χ1) is 9.47. The van der Waals surface area contributed by atoms with E-state index in [1.165, 1.54) is 18.2 Å². The summed E-state index contributed by atoms with van der Waals surface area (Å²) in [6.45, 7) is 0.342. The highest BCUT2D eigenvalue weighted by Gasteiger charge is 2.12. The standard InChI is InChI=1S/C13H9BrClFN2O2/c14-10-3-1-8(5-13(10)18(19)20)7-17-9-2-4-11(15)12(16)6-9/h1-6,17H,7H2. The van der Waals surface area contributed by atoms with Crippen LogP contribution in [0.4, 0.5) is 15.8 Å². The van der Waals surface area contributed by atoms with E-state index in [1.54, 1.807) is 18.2 Å². The summed E-state index contributed by atoms with van der Waals surface area (Å²) in [6.07, 6.45) is 0. The Bertz CT molecular complexity index is 667. The molecular weight excluding hydrogens is 351 g/mol. The van der Waals surface area contributed by atoms with E-state index in [-0.39, 0.29) is 10.7 Å². The van der Waals surface area contributed by atoms with Gasteiger partial charge in [-0.3, -0.25) is 10.1 Å². The van der Waals surface area contributed by atoms with Crippen LogP contribution in [0.2, 0.25) is 5.02 Å². The first kappa shape index (κ1) is 14.7.